The zero-order valence-electron chi connectivity index (χ0n) is 12.7. The van der Waals surface area contributed by atoms with E-state index in [-0.39, 0.29) is 5.91 Å². The predicted octanol–water partition coefficient (Wildman–Crippen LogP) is 1.31. The van der Waals surface area contributed by atoms with E-state index in [1.807, 2.05) is 0 Å². The first-order valence-corrected chi connectivity index (χ1v) is 7.63. The highest BCUT2D eigenvalue weighted by Gasteiger charge is 2.14. The summed E-state index contributed by atoms with van der Waals surface area (Å²) in [5.41, 5.74) is 2.39. The molecule has 0 atom stereocenters. The summed E-state index contributed by atoms with van der Waals surface area (Å²) in [6, 6.07) is 0. The third kappa shape index (κ3) is 4.97. The van der Waals surface area contributed by atoms with Gasteiger partial charge in [0.1, 0.15) is 12.1 Å². The molecule has 0 aromatic carbocycles. The first kappa shape index (κ1) is 15.7. The molecule has 2 N–H and O–H groups in total. The number of nitrogens with one attached hydrogen (secondary N) is 2. The molecule has 21 heavy (non-hydrogen) atoms. The highest BCUT2D eigenvalue weighted by atomic mass is 16.5. The maximum atomic E-state index is 11.6. The van der Waals surface area contributed by atoms with Crippen LogP contribution in [0.3, 0.4) is 0 Å². The topological polar surface area (TPSA) is 76.1 Å². The van der Waals surface area contributed by atoms with Crippen LogP contribution in [0.15, 0.2) is 6.33 Å². The summed E-state index contributed by atoms with van der Waals surface area (Å²) in [4.78, 5) is 20.3. The van der Waals surface area contributed by atoms with Crippen LogP contribution in [0, 0.1) is 0 Å². The van der Waals surface area contributed by atoms with Crippen molar-refractivity contribution in [1.82, 2.24) is 15.3 Å². The van der Waals surface area contributed by atoms with Gasteiger partial charge in [-0.15, -0.1) is 0 Å². The van der Waals surface area contributed by atoms with E-state index < -0.39 is 0 Å². The average molecular weight is 292 g/mol. The molecular weight excluding hydrogens is 268 g/mol. The molecule has 0 saturated carbocycles. The number of ether oxygens (including phenoxy) is 1. The van der Waals surface area contributed by atoms with Crippen LogP contribution in [-0.4, -0.2) is 42.7 Å². The van der Waals surface area contributed by atoms with Gasteiger partial charge in [-0.2, -0.15) is 0 Å². The lowest BCUT2D eigenvalue weighted by molar-refractivity contribution is -0.121. The van der Waals surface area contributed by atoms with Gasteiger partial charge in [0.15, 0.2) is 0 Å². The molecule has 0 spiro atoms. The maximum absolute atomic E-state index is 11.6. The number of carbonyl (C=O) groups excluding carboxylic acids is 1. The van der Waals surface area contributed by atoms with Gasteiger partial charge in [0.25, 0.3) is 0 Å². The molecule has 0 fully saturated rings. The largest absolute Gasteiger partial charge is 0.383 e. The van der Waals surface area contributed by atoms with E-state index in [1.165, 1.54) is 24.8 Å². The van der Waals surface area contributed by atoms with Crippen molar-refractivity contribution in [2.45, 2.75) is 38.5 Å². The third-order valence-electron chi connectivity index (χ3n) is 3.65. The van der Waals surface area contributed by atoms with Gasteiger partial charge in [-0.3, -0.25) is 4.79 Å². The van der Waals surface area contributed by atoms with Crippen molar-refractivity contribution in [2.75, 3.05) is 32.1 Å². The minimum absolute atomic E-state index is 0.0275. The summed E-state index contributed by atoms with van der Waals surface area (Å²) < 4.78 is 4.89. The lowest BCUT2D eigenvalue weighted by Gasteiger charge is -2.12. The van der Waals surface area contributed by atoms with E-state index in [4.69, 9.17) is 4.74 Å². The molecule has 1 aromatic heterocycles. The van der Waals surface area contributed by atoms with Crippen LogP contribution >= 0.6 is 0 Å². The van der Waals surface area contributed by atoms with E-state index >= 15 is 0 Å². The summed E-state index contributed by atoms with van der Waals surface area (Å²) in [5, 5.41) is 6.08. The average Bonchev–Trinajstić information content (AvgIpc) is 2.73. The van der Waals surface area contributed by atoms with Crippen LogP contribution in [-0.2, 0) is 22.4 Å². The Balaban J connectivity index is 1.82. The predicted molar refractivity (Wildman–Crippen MR) is 81.3 cm³/mol. The molecular formula is C15H24N4O2. The van der Waals surface area contributed by atoms with Gasteiger partial charge in [0.05, 0.1) is 6.61 Å². The van der Waals surface area contributed by atoms with Crippen LogP contribution in [0.5, 0.6) is 0 Å². The van der Waals surface area contributed by atoms with Crippen LogP contribution in [0.25, 0.3) is 0 Å². The Labute approximate surface area is 125 Å². The second-order valence-corrected chi connectivity index (χ2v) is 5.23. The van der Waals surface area contributed by atoms with E-state index in [1.54, 1.807) is 13.4 Å². The van der Waals surface area contributed by atoms with Crippen molar-refractivity contribution in [2.24, 2.45) is 0 Å². The van der Waals surface area contributed by atoms with Crippen LogP contribution < -0.4 is 10.6 Å². The van der Waals surface area contributed by atoms with Crippen LogP contribution in [0.1, 0.15) is 36.9 Å². The van der Waals surface area contributed by atoms with E-state index in [2.05, 4.69) is 20.6 Å². The number of amides is 1. The number of anilines is 1. The Hall–Kier alpha value is -1.69. The van der Waals surface area contributed by atoms with Crippen molar-refractivity contribution in [3.8, 4) is 0 Å². The molecule has 0 bridgehead atoms. The Morgan fingerprint density at radius 2 is 2.10 bits per heavy atom. The highest BCUT2D eigenvalue weighted by Crippen LogP contribution is 2.23. The minimum atomic E-state index is 0.0275. The van der Waals surface area contributed by atoms with Crippen molar-refractivity contribution < 1.29 is 9.53 Å². The minimum Gasteiger partial charge on any atom is -0.383 e. The van der Waals surface area contributed by atoms with E-state index in [0.717, 1.165) is 24.4 Å². The zero-order valence-corrected chi connectivity index (χ0v) is 12.7. The molecule has 0 saturated heterocycles. The van der Waals surface area contributed by atoms with E-state index in [0.29, 0.717) is 26.1 Å². The highest BCUT2D eigenvalue weighted by molar-refractivity contribution is 5.76. The quantitative estimate of drug-likeness (QED) is 0.585. The summed E-state index contributed by atoms with van der Waals surface area (Å²) >= 11 is 0. The fraction of sp³-hybridized carbons (Fsp3) is 0.667. The molecule has 1 aromatic rings. The number of aromatic nitrogens is 2. The Morgan fingerprint density at radius 3 is 2.95 bits per heavy atom. The van der Waals surface area contributed by atoms with Crippen molar-refractivity contribution in [1.29, 1.82) is 0 Å². The Morgan fingerprint density at radius 1 is 1.24 bits per heavy atom. The number of hydrogen-bond acceptors (Lipinski definition) is 5. The second kappa shape index (κ2) is 8.56. The smallest absolute Gasteiger partial charge is 0.221 e. The fourth-order valence-electron chi connectivity index (χ4n) is 2.53. The number of nitrogens with zero attached hydrogens (tertiary/aromatic N) is 2. The number of fused-ring (bicyclic) bond motifs is 1. The molecule has 1 amide bonds. The lowest BCUT2D eigenvalue weighted by Crippen LogP contribution is -2.28. The van der Waals surface area contributed by atoms with Crippen molar-refractivity contribution >= 4 is 11.7 Å². The van der Waals surface area contributed by atoms with Crippen molar-refractivity contribution in [3.05, 3.63) is 17.6 Å². The SMILES string of the molecule is COCCNC(=O)CCNc1ncnc2c1CCCCC2. The molecule has 1 aliphatic rings. The molecule has 1 heterocycles. The molecule has 0 radical (unpaired) electrons. The lowest BCUT2D eigenvalue weighted by atomic mass is 10.1. The van der Waals surface area contributed by atoms with Crippen molar-refractivity contribution in [3.63, 3.8) is 0 Å². The summed E-state index contributed by atoms with van der Waals surface area (Å²) in [6.07, 6.45) is 7.74. The number of aryl methyl sites for hydroxylation is 1. The van der Waals surface area contributed by atoms with Gasteiger partial charge in [0.2, 0.25) is 5.91 Å². The second-order valence-electron chi connectivity index (χ2n) is 5.23. The normalized spacial score (nSPS) is 14.1. The van der Waals surface area contributed by atoms with Gasteiger partial charge < -0.3 is 15.4 Å². The molecule has 1 aliphatic carbocycles. The summed E-state index contributed by atoms with van der Waals surface area (Å²) in [5.74, 6) is 0.922. The van der Waals surface area contributed by atoms with Gasteiger partial charge in [-0.25, -0.2) is 9.97 Å². The monoisotopic (exact) mass is 292 g/mol. The van der Waals surface area contributed by atoms with Gasteiger partial charge in [0, 0.05) is 37.9 Å². The number of rotatable bonds is 7. The standard InChI is InChI=1S/C15H24N4O2/c1-21-10-9-16-14(20)7-8-17-15-12-5-3-2-4-6-13(12)18-11-19-15/h11H,2-10H2,1H3,(H,16,20)(H,17,18,19). The fourth-order valence-corrected chi connectivity index (χ4v) is 2.53. The first-order valence-electron chi connectivity index (χ1n) is 7.63. The Bertz CT molecular complexity index is 465. The Kier molecular flexibility index (Phi) is 6.40. The van der Waals surface area contributed by atoms with Crippen LogP contribution in [0.4, 0.5) is 5.82 Å². The molecule has 6 nitrogen and oxygen atoms in total. The zero-order chi connectivity index (χ0) is 14.9. The van der Waals surface area contributed by atoms with Gasteiger partial charge in [-0.05, 0) is 25.7 Å². The molecule has 0 aliphatic heterocycles. The third-order valence-corrected chi connectivity index (χ3v) is 3.65. The molecule has 116 valence electrons. The van der Waals surface area contributed by atoms with Gasteiger partial charge in [-0.1, -0.05) is 6.42 Å². The molecule has 0 unspecified atom stereocenters. The van der Waals surface area contributed by atoms with Gasteiger partial charge >= 0.3 is 0 Å². The summed E-state index contributed by atoms with van der Waals surface area (Å²) in [6.45, 7) is 1.68. The van der Waals surface area contributed by atoms with Crippen LogP contribution in [0.2, 0.25) is 0 Å². The number of hydrogen-bond donors (Lipinski definition) is 2. The first-order chi connectivity index (χ1) is 10.3. The number of methoxy groups -OCH3 is 1. The summed E-state index contributed by atoms with van der Waals surface area (Å²) in [7, 11) is 1.62. The molecule has 2 rings (SSSR count). The maximum Gasteiger partial charge on any atom is 0.221 e. The molecule has 6 heteroatoms. The van der Waals surface area contributed by atoms with E-state index in [9.17, 15) is 4.79 Å². The number of carbonyl (C=O) groups is 1.